The summed E-state index contributed by atoms with van der Waals surface area (Å²) >= 11 is 1.72. The van der Waals surface area contributed by atoms with Gasteiger partial charge >= 0.3 is 0 Å². The zero-order valence-electron chi connectivity index (χ0n) is 7.10. The third-order valence-corrected chi connectivity index (χ3v) is 2.64. The Morgan fingerprint density at radius 1 is 1.31 bits per heavy atom. The largest absolute Gasteiger partial charge is 0.346 e. The summed E-state index contributed by atoms with van der Waals surface area (Å²) in [5, 5.41) is 6.50. The van der Waals surface area contributed by atoms with Gasteiger partial charge in [-0.25, -0.2) is 4.98 Å². The minimum absolute atomic E-state index is 0. The van der Waals surface area contributed by atoms with Crippen LogP contribution in [0.15, 0.2) is 11.6 Å². The van der Waals surface area contributed by atoms with Crippen molar-refractivity contribution in [3.05, 3.63) is 11.6 Å². The quantitative estimate of drug-likeness (QED) is 0.806. The Kier molecular flexibility index (Phi) is 6.41. The molecule has 0 spiro atoms. The zero-order valence-corrected chi connectivity index (χ0v) is 9.55. The fraction of sp³-hybridized carbons (Fsp3) is 0.571. The van der Waals surface area contributed by atoms with Crippen molar-refractivity contribution in [1.29, 1.82) is 0 Å². The number of piperazine rings is 1. The van der Waals surface area contributed by atoms with Gasteiger partial charge < -0.3 is 10.2 Å². The van der Waals surface area contributed by atoms with E-state index in [9.17, 15) is 0 Å². The zero-order chi connectivity index (χ0) is 7.52. The molecule has 1 aliphatic heterocycles. The number of halogens is 2. The van der Waals surface area contributed by atoms with Crippen LogP contribution >= 0.6 is 36.2 Å². The van der Waals surface area contributed by atoms with E-state index in [4.69, 9.17) is 0 Å². The van der Waals surface area contributed by atoms with Crippen LogP contribution in [-0.4, -0.2) is 31.2 Å². The molecule has 1 aromatic heterocycles. The van der Waals surface area contributed by atoms with Crippen molar-refractivity contribution in [2.75, 3.05) is 31.1 Å². The average molecular weight is 242 g/mol. The Labute approximate surface area is 94.4 Å². The SMILES string of the molecule is Cl.Cl.c1csc(N2CCNCC2)n1. The van der Waals surface area contributed by atoms with E-state index in [-0.39, 0.29) is 24.8 Å². The van der Waals surface area contributed by atoms with Gasteiger partial charge in [-0.15, -0.1) is 36.2 Å². The van der Waals surface area contributed by atoms with Crippen LogP contribution in [0.4, 0.5) is 5.13 Å². The lowest BCUT2D eigenvalue weighted by Gasteiger charge is -2.26. The fourth-order valence-electron chi connectivity index (χ4n) is 1.23. The first-order valence-corrected chi connectivity index (χ1v) is 4.70. The minimum atomic E-state index is 0. The van der Waals surface area contributed by atoms with Crippen LogP contribution in [-0.2, 0) is 0 Å². The third kappa shape index (κ3) is 3.31. The molecule has 0 saturated carbocycles. The number of anilines is 1. The number of hydrogen-bond donors (Lipinski definition) is 1. The lowest BCUT2D eigenvalue weighted by molar-refractivity contribution is 0.588. The highest BCUT2D eigenvalue weighted by atomic mass is 35.5. The van der Waals surface area contributed by atoms with Gasteiger partial charge in [-0.2, -0.15) is 0 Å². The van der Waals surface area contributed by atoms with Crippen molar-refractivity contribution in [2.24, 2.45) is 0 Å². The molecule has 1 aromatic rings. The summed E-state index contributed by atoms with van der Waals surface area (Å²) in [7, 11) is 0. The van der Waals surface area contributed by atoms with Crippen molar-refractivity contribution in [2.45, 2.75) is 0 Å². The van der Waals surface area contributed by atoms with Gasteiger partial charge in [0.15, 0.2) is 5.13 Å². The molecule has 3 nitrogen and oxygen atoms in total. The summed E-state index contributed by atoms with van der Waals surface area (Å²) < 4.78 is 0. The van der Waals surface area contributed by atoms with E-state index in [1.165, 1.54) is 0 Å². The fourth-order valence-corrected chi connectivity index (χ4v) is 1.93. The van der Waals surface area contributed by atoms with E-state index in [1.54, 1.807) is 11.3 Å². The maximum Gasteiger partial charge on any atom is 0.185 e. The van der Waals surface area contributed by atoms with Crippen LogP contribution in [0.3, 0.4) is 0 Å². The molecule has 0 aliphatic carbocycles. The first-order chi connectivity index (χ1) is 5.47. The van der Waals surface area contributed by atoms with Crippen LogP contribution in [0.1, 0.15) is 0 Å². The van der Waals surface area contributed by atoms with Gasteiger partial charge in [-0.1, -0.05) is 0 Å². The maximum atomic E-state index is 4.26. The number of hydrogen-bond acceptors (Lipinski definition) is 4. The van der Waals surface area contributed by atoms with Crippen molar-refractivity contribution in [3.63, 3.8) is 0 Å². The Hall–Kier alpha value is -0.0300. The second-order valence-corrected chi connectivity index (χ2v) is 3.42. The van der Waals surface area contributed by atoms with Gasteiger partial charge in [0.1, 0.15) is 0 Å². The summed E-state index contributed by atoms with van der Waals surface area (Å²) in [6.07, 6.45) is 1.86. The Balaban J connectivity index is 0.000000720. The summed E-state index contributed by atoms with van der Waals surface area (Å²) in [6.45, 7) is 4.35. The van der Waals surface area contributed by atoms with Gasteiger partial charge in [0.2, 0.25) is 0 Å². The van der Waals surface area contributed by atoms with E-state index in [0.29, 0.717) is 0 Å². The summed E-state index contributed by atoms with van der Waals surface area (Å²) in [5.41, 5.74) is 0. The molecular weight excluding hydrogens is 229 g/mol. The highest BCUT2D eigenvalue weighted by Crippen LogP contribution is 2.16. The molecule has 0 unspecified atom stereocenters. The number of thiazole rings is 1. The first kappa shape index (κ1) is 13.0. The minimum Gasteiger partial charge on any atom is -0.346 e. The van der Waals surface area contributed by atoms with E-state index >= 15 is 0 Å². The second-order valence-electron chi connectivity index (χ2n) is 2.55. The highest BCUT2D eigenvalue weighted by Gasteiger charge is 2.11. The predicted octanol–water partition coefficient (Wildman–Crippen LogP) is 1.40. The summed E-state index contributed by atoms with van der Waals surface area (Å²) in [4.78, 5) is 6.58. The predicted molar refractivity (Wildman–Crippen MR) is 61.7 cm³/mol. The summed E-state index contributed by atoms with van der Waals surface area (Å²) in [5.74, 6) is 0. The first-order valence-electron chi connectivity index (χ1n) is 3.82. The summed E-state index contributed by atoms with van der Waals surface area (Å²) in [6, 6.07) is 0. The van der Waals surface area contributed by atoms with E-state index < -0.39 is 0 Å². The van der Waals surface area contributed by atoms with Gasteiger partial charge in [0, 0.05) is 37.8 Å². The molecule has 13 heavy (non-hydrogen) atoms. The third-order valence-electron chi connectivity index (χ3n) is 1.81. The van der Waals surface area contributed by atoms with Crippen molar-refractivity contribution >= 4 is 41.3 Å². The molecule has 1 saturated heterocycles. The molecule has 0 radical (unpaired) electrons. The average Bonchev–Trinajstić information content (AvgIpc) is 2.58. The standard InChI is InChI=1S/C7H11N3S.2ClH/c1-4-10(5-2-8-1)7-9-3-6-11-7;;/h3,6,8H,1-2,4-5H2;2*1H. The second kappa shape index (κ2) is 6.43. The van der Waals surface area contributed by atoms with Gasteiger partial charge in [-0.3, -0.25) is 0 Å². The Bertz CT molecular complexity index is 212. The number of nitrogens with one attached hydrogen (secondary N) is 1. The normalized spacial score (nSPS) is 15.8. The van der Waals surface area contributed by atoms with E-state index in [0.717, 1.165) is 31.3 Å². The molecule has 1 aliphatic rings. The Morgan fingerprint density at radius 2 is 2.00 bits per heavy atom. The smallest absolute Gasteiger partial charge is 0.185 e. The van der Waals surface area contributed by atoms with Gasteiger partial charge in [0.05, 0.1) is 0 Å². The topological polar surface area (TPSA) is 28.2 Å². The van der Waals surface area contributed by atoms with E-state index in [1.807, 2.05) is 11.6 Å². The lowest BCUT2D eigenvalue weighted by atomic mass is 10.4. The molecule has 76 valence electrons. The molecule has 2 rings (SSSR count). The maximum absolute atomic E-state index is 4.26. The number of aromatic nitrogens is 1. The molecule has 0 bridgehead atoms. The molecule has 1 N–H and O–H groups in total. The van der Waals surface area contributed by atoms with E-state index in [2.05, 4.69) is 15.2 Å². The van der Waals surface area contributed by atoms with Gasteiger partial charge in [0.25, 0.3) is 0 Å². The Morgan fingerprint density at radius 3 is 2.54 bits per heavy atom. The van der Waals surface area contributed by atoms with Crippen molar-refractivity contribution in [1.82, 2.24) is 10.3 Å². The molecule has 0 atom stereocenters. The molecule has 6 heteroatoms. The van der Waals surface area contributed by atoms with Crippen LogP contribution in [0.5, 0.6) is 0 Å². The number of nitrogens with zero attached hydrogens (tertiary/aromatic N) is 2. The molecule has 1 fully saturated rings. The molecule has 2 heterocycles. The highest BCUT2D eigenvalue weighted by molar-refractivity contribution is 7.13. The molecule has 0 amide bonds. The monoisotopic (exact) mass is 241 g/mol. The number of rotatable bonds is 1. The lowest BCUT2D eigenvalue weighted by Crippen LogP contribution is -2.43. The van der Waals surface area contributed by atoms with Crippen LogP contribution < -0.4 is 10.2 Å². The molecule has 0 aromatic carbocycles. The van der Waals surface area contributed by atoms with Crippen molar-refractivity contribution in [3.8, 4) is 0 Å². The van der Waals surface area contributed by atoms with Gasteiger partial charge in [-0.05, 0) is 0 Å². The van der Waals surface area contributed by atoms with Crippen LogP contribution in [0, 0.1) is 0 Å². The van der Waals surface area contributed by atoms with Crippen molar-refractivity contribution < 1.29 is 0 Å². The van der Waals surface area contributed by atoms with Crippen LogP contribution in [0.2, 0.25) is 0 Å². The molecular formula is C7H13Cl2N3S. The van der Waals surface area contributed by atoms with Crippen LogP contribution in [0.25, 0.3) is 0 Å².